The van der Waals surface area contributed by atoms with E-state index in [-0.39, 0.29) is 0 Å². The van der Waals surface area contributed by atoms with Gasteiger partial charge in [0.05, 0.1) is 0 Å². The number of aliphatic carboxylic acids is 1. The van der Waals surface area contributed by atoms with Crippen molar-refractivity contribution < 1.29 is 9.90 Å². The fourth-order valence-corrected chi connectivity index (χ4v) is 2.90. The first kappa shape index (κ1) is 12.5. The van der Waals surface area contributed by atoms with Crippen LogP contribution in [0.4, 0.5) is 0 Å². The Morgan fingerprint density at radius 1 is 1.20 bits per heavy atom. The maximum atomic E-state index is 10.5. The molecule has 2 unspecified atom stereocenters. The largest absolute Gasteiger partial charge is 0.481 e. The molecule has 0 amide bonds. The molecule has 2 nitrogen and oxygen atoms in total. The van der Waals surface area contributed by atoms with Gasteiger partial charge in [0, 0.05) is 6.42 Å². The van der Waals surface area contributed by atoms with Crippen LogP contribution in [-0.2, 0) is 4.79 Å². The summed E-state index contributed by atoms with van der Waals surface area (Å²) in [7, 11) is 0. The molecule has 0 aliphatic heterocycles. The van der Waals surface area contributed by atoms with Crippen LogP contribution in [0, 0.1) is 17.3 Å². The summed E-state index contributed by atoms with van der Waals surface area (Å²) in [5, 5.41) is 8.66. The van der Waals surface area contributed by atoms with Crippen molar-refractivity contribution in [2.45, 2.75) is 59.3 Å². The van der Waals surface area contributed by atoms with Crippen molar-refractivity contribution in [1.29, 1.82) is 0 Å². The average Bonchev–Trinajstić information content (AvgIpc) is 2.65. The van der Waals surface area contributed by atoms with Gasteiger partial charge in [0.2, 0.25) is 0 Å². The van der Waals surface area contributed by atoms with Gasteiger partial charge in [0.15, 0.2) is 0 Å². The Bertz CT molecular complexity index is 221. The molecule has 0 aromatic rings. The van der Waals surface area contributed by atoms with Crippen LogP contribution in [0.3, 0.4) is 0 Å². The smallest absolute Gasteiger partial charge is 0.303 e. The van der Waals surface area contributed by atoms with Crippen LogP contribution in [0.1, 0.15) is 59.3 Å². The zero-order chi connectivity index (χ0) is 11.5. The van der Waals surface area contributed by atoms with Crippen molar-refractivity contribution in [3.63, 3.8) is 0 Å². The second-order valence-corrected chi connectivity index (χ2v) is 5.46. The molecule has 88 valence electrons. The van der Waals surface area contributed by atoms with Crippen molar-refractivity contribution in [2.75, 3.05) is 0 Å². The van der Waals surface area contributed by atoms with Crippen LogP contribution in [0.15, 0.2) is 0 Å². The lowest BCUT2D eigenvalue weighted by Crippen LogP contribution is -1.97. The number of unbranched alkanes of at least 4 members (excludes halogenated alkanes) is 2. The summed E-state index contributed by atoms with van der Waals surface area (Å²) in [4.78, 5) is 10.5. The fourth-order valence-electron chi connectivity index (χ4n) is 2.90. The molecule has 1 saturated carbocycles. The molecule has 2 atom stereocenters. The maximum absolute atomic E-state index is 10.5. The summed E-state index contributed by atoms with van der Waals surface area (Å²) < 4.78 is 0. The second-order valence-electron chi connectivity index (χ2n) is 5.46. The molecule has 1 fully saturated rings. The van der Waals surface area contributed by atoms with E-state index in [9.17, 15) is 4.79 Å². The first-order valence-electron chi connectivity index (χ1n) is 6.22. The van der Waals surface area contributed by atoms with Crippen molar-refractivity contribution in [2.24, 2.45) is 17.3 Å². The molecule has 1 aliphatic rings. The van der Waals surface area contributed by atoms with E-state index in [1.807, 2.05) is 0 Å². The number of hydrogen-bond acceptors (Lipinski definition) is 1. The fraction of sp³-hybridized carbons (Fsp3) is 0.923. The number of carboxylic acid groups (broad SMARTS) is 1. The van der Waals surface area contributed by atoms with Gasteiger partial charge in [0.1, 0.15) is 0 Å². The van der Waals surface area contributed by atoms with Crippen molar-refractivity contribution in [3.8, 4) is 0 Å². The van der Waals surface area contributed by atoms with Crippen LogP contribution in [0.2, 0.25) is 0 Å². The van der Waals surface area contributed by atoms with Crippen molar-refractivity contribution in [3.05, 3.63) is 0 Å². The molecular formula is C13H24O2. The van der Waals surface area contributed by atoms with Gasteiger partial charge in [-0.25, -0.2) is 0 Å². The molecule has 0 heterocycles. The van der Waals surface area contributed by atoms with Gasteiger partial charge in [-0.05, 0) is 30.1 Å². The van der Waals surface area contributed by atoms with Gasteiger partial charge in [-0.1, -0.05) is 40.0 Å². The van der Waals surface area contributed by atoms with Gasteiger partial charge in [-0.15, -0.1) is 0 Å². The number of carboxylic acids is 1. The quantitative estimate of drug-likeness (QED) is 0.653. The SMILES string of the molecule is CCCCCC1C(CCC(=O)O)C1(C)C. The summed E-state index contributed by atoms with van der Waals surface area (Å²) in [6.07, 6.45) is 6.42. The van der Waals surface area contributed by atoms with E-state index in [2.05, 4.69) is 20.8 Å². The minimum atomic E-state index is -0.648. The third kappa shape index (κ3) is 3.22. The summed E-state index contributed by atoms with van der Waals surface area (Å²) in [5.74, 6) is 0.791. The summed E-state index contributed by atoms with van der Waals surface area (Å²) in [6, 6.07) is 0. The molecule has 1 N–H and O–H groups in total. The number of hydrogen-bond donors (Lipinski definition) is 1. The summed E-state index contributed by atoms with van der Waals surface area (Å²) >= 11 is 0. The lowest BCUT2D eigenvalue weighted by atomic mass is 10.0. The Labute approximate surface area is 93.1 Å². The van der Waals surface area contributed by atoms with Crippen LogP contribution >= 0.6 is 0 Å². The average molecular weight is 212 g/mol. The number of rotatable bonds is 7. The van der Waals surface area contributed by atoms with Crippen LogP contribution in [0.25, 0.3) is 0 Å². The van der Waals surface area contributed by atoms with Gasteiger partial charge in [-0.2, -0.15) is 0 Å². The third-order valence-electron chi connectivity index (χ3n) is 4.08. The normalized spacial score (nSPS) is 27.7. The Morgan fingerprint density at radius 2 is 1.80 bits per heavy atom. The zero-order valence-corrected chi connectivity index (χ0v) is 10.3. The first-order chi connectivity index (χ1) is 7.00. The van der Waals surface area contributed by atoms with Gasteiger partial charge >= 0.3 is 5.97 Å². The van der Waals surface area contributed by atoms with E-state index in [0.29, 0.717) is 17.8 Å². The molecule has 0 saturated heterocycles. The second kappa shape index (κ2) is 5.00. The molecular weight excluding hydrogens is 188 g/mol. The molecule has 1 aliphatic carbocycles. The van der Waals surface area contributed by atoms with Crippen molar-refractivity contribution >= 4 is 5.97 Å². The van der Waals surface area contributed by atoms with Gasteiger partial charge in [-0.3, -0.25) is 4.79 Å². The molecule has 15 heavy (non-hydrogen) atoms. The predicted octanol–water partition coefficient (Wildman–Crippen LogP) is 3.70. The minimum Gasteiger partial charge on any atom is -0.481 e. The van der Waals surface area contributed by atoms with Crippen LogP contribution in [-0.4, -0.2) is 11.1 Å². The molecule has 0 spiro atoms. The van der Waals surface area contributed by atoms with E-state index < -0.39 is 5.97 Å². The predicted molar refractivity (Wildman–Crippen MR) is 61.8 cm³/mol. The van der Waals surface area contributed by atoms with Crippen molar-refractivity contribution in [1.82, 2.24) is 0 Å². The Hall–Kier alpha value is -0.530. The molecule has 0 radical (unpaired) electrons. The standard InChI is InChI=1S/C13H24O2/c1-4-5-6-7-10-11(13(10,2)3)8-9-12(14)15/h10-11H,4-9H2,1-3H3,(H,14,15). The summed E-state index contributed by atoms with van der Waals surface area (Å²) in [6.45, 7) is 6.80. The summed E-state index contributed by atoms with van der Waals surface area (Å²) in [5.41, 5.74) is 0.406. The first-order valence-corrected chi connectivity index (χ1v) is 6.22. The molecule has 0 bridgehead atoms. The monoisotopic (exact) mass is 212 g/mol. The lowest BCUT2D eigenvalue weighted by Gasteiger charge is -2.01. The van der Waals surface area contributed by atoms with E-state index in [4.69, 9.17) is 5.11 Å². The van der Waals surface area contributed by atoms with Gasteiger partial charge in [0.25, 0.3) is 0 Å². The van der Waals surface area contributed by atoms with Crippen LogP contribution in [0.5, 0.6) is 0 Å². The van der Waals surface area contributed by atoms with Gasteiger partial charge < -0.3 is 5.11 Å². The number of carbonyl (C=O) groups is 1. The molecule has 1 rings (SSSR count). The van der Waals surface area contributed by atoms with Crippen LogP contribution < -0.4 is 0 Å². The molecule has 2 heteroatoms. The Balaban J connectivity index is 2.25. The highest BCUT2D eigenvalue weighted by Crippen LogP contribution is 2.62. The van der Waals surface area contributed by atoms with E-state index in [1.54, 1.807) is 0 Å². The lowest BCUT2D eigenvalue weighted by molar-refractivity contribution is -0.137. The highest BCUT2D eigenvalue weighted by atomic mass is 16.4. The Kier molecular flexibility index (Phi) is 4.18. The molecule has 0 aromatic carbocycles. The minimum absolute atomic E-state index is 0.346. The zero-order valence-electron chi connectivity index (χ0n) is 10.3. The topological polar surface area (TPSA) is 37.3 Å². The highest BCUT2D eigenvalue weighted by Gasteiger charge is 2.55. The third-order valence-corrected chi connectivity index (χ3v) is 4.08. The maximum Gasteiger partial charge on any atom is 0.303 e. The van der Waals surface area contributed by atoms with E-state index in [0.717, 1.165) is 12.3 Å². The van der Waals surface area contributed by atoms with E-state index in [1.165, 1.54) is 25.7 Å². The highest BCUT2D eigenvalue weighted by molar-refractivity contribution is 5.66. The molecule has 0 aromatic heterocycles. The Morgan fingerprint density at radius 3 is 2.33 bits per heavy atom. The van der Waals surface area contributed by atoms with E-state index >= 15 is 0 Å².